The van der Waals surface area contributed by atoms with Gasteiger partial charge < -0.3 is 9.84 Å². The SMILES string of the molecule is C=CCN(CCO)S(=O)(=O)N1CCCC1C(=O)OCC. The van der Waals surface area contributed by atoms with Crippen LogP contribution in [-0.4, -0.2) is 67.0 Å². The summed E-state index contributed by atoms with van der Waals surface area (Å²) in [7, 11) is -3.80. The van der Waals surface area contributed by atoms with Crippen molar-refractivity contribution < 1.29 is 23.1 Å². The topological polar surface area (TPSA) is 87.2 Å². The average Bonchev–Trinajstić information content (AvgIpc) is 2.88. The molecule has 0 spiro atoms. The van der Waals surface area contributed by atoms with E-state index in [1.807, 2.05) is 0 Å². The van der Waals surface area contributed by atoms with Crippen LogP contribution in [0.4, 0.5) is 0 Å². The van der Waals surface area contributed by atoms with Gasteiger partial charge in [0.15, 0.2) is 0 Å². The average molecular weight is 306 g/mol. The minimum absolute atomic E-state index is 0.0274. The number of carbonyl (C=O) groups excluding carboxylic acids is 1. The van der Waals surface area contributed by atoms with E-state index < -0.39 is 22.2 Å². The maximum Gasteiger partial charge on any atom is 0.324 e. The smallest absolute Gasteiger partial charge is 0.324 e. The highest BCUT2D eigenvalue weighted by molar-refractivity contribution is 7.86. The molecule has 7 nitrogen and oxygen atoms in total. The van der Waals surface area contributed by atoms with Gasteiger partial charge in [0.05, 0.1) is 13.2 Å². The summed E-state index contributed by atoms with van der Waals surface area (Å²) in [5, 5.41) is 8.98. The molecule has 20 heavy (non-hydrogen) atoms. The summed E-state index contributed by atoms with van der Waals surface area (Å²) in [5.41, 5.74) is 0. The van der Waals surface area contributed by atoms with Crippen molar-refractivity contribution in [3.63, 3.8) is 0 Å². The fourth-order valence-corrected chi connectivity index (χ4v) is 3.97. The molecule has 0 aliphatic carbocycles. The predicted molar refractivity (Wildman–Crippen MR) is 74.1 cm³/mol. The van der Waals surface area contributed by atoms with Crippen LogP contribution in [-0.2, 0) is 19.7 Å². The molecule has 1 rings (SSSR count). The molecule has 0 saturated carbocycles. The Morgan fingerprint density at radius 2 is 2.30 bits per heavy atom. The molecule has 0 aromatic carbocycles. The van der Waals surface area contributed by atoms with Crippen molar-refractivity contribution in [1.29, 1.82) is 0 Å². The van der Waals surface area contributed by atoms with Crippen molar-refractivity contribution in [2.75, 3.05) is 32.8 Å². The predicted octanol–water partition coefficient (Wildman–Crippen LogP) is -0.261. The number of hydrogen-bond donors (Lipinski definition) is 1. The fourth-order valence-electron chi connectivity index (χ4n) is 2.20. The molecule has 0 radical (unpaired) electrons. The van der Waals surface area contributed by atoms with E-state index in [-0.39, 0.29) is 32.8 Å². The van der Waals surface area contributed by atoms with Gasteiger partial charge in [-0.3, -0.25) is 4.79 Å². The van der Waals surface area contributed by atoms with Gasteiger partial charge in [-0.2, -0.15) is 17.0 Å². The monoisotopic (exact) mass is 306 g/mol. The van der Waals surface area contributed by atoms with Crippen LogP contribution < -0.4 is 0 Å². The first kappa shape index (κ1) is 17.1. The Kier molecular flexibility index (Phi) is 6.60. The molecule has 1 atom stereocenters. The van der Waals surface area contributed by atoms with E-state index in [9.17, 15) is 13.2 Å². The normalized spacial score (nSPS) is 20.2. The molecule has 1 unspecified atom stereocenters. The van der Waals surface area contributed by atoms with Crippen LogP contribution in [0.15, 0.2) is 12.7 Å². The fraction of sp³-hybridized carbons (Fsp3) is 0.750. The summed E-state index contributed by atoms with van der Waals surface area (Å²) in [6, 6.07) is -0.772. The number of esters is 1. The molecule has 1 aliphatic heterocycles. The Bertz CT molecular complexity index is 437. The Labute approximate surface area is 120 Å². The van der Waals surface area contributed by atoms with Crippen LogP contribution in [0.5, 0.6) is 0 Å². The number of aliphatic hydroxyl groups is 1. The maximum absolute atomic E-state index is 12.5. The molecule has 1 fully saturated rings. The molecule has 8 heteroatoms. The van der Waals surface area contributed by atoms with Crippen molar-refractivity contribution in [2.45, 2.75) is 25.8 Å². The third kappa shape index (κ3) is 3.78. The maximum atomic E-state index is 12.5. The second-order valence-electron chi connectivity index (χ2n) is 4.40. The second kappa shape index (κ2) is 7.72. The number of carbonyl (C=O) groups is 1. The Hall–Kier alpha value is -0.960. The molecule has 116 valence electrons. The van der Waals surface area contributed by atoms with Gasteiger partial charge in [-0.15, -0.1) is 6.58 Å². The highest BCUT2D eigenvalue weighted by atomic mass is 32.2. The summed E-state index contributed by atoms with van der Waals surface area (Å²) in [4.78, 5) is 11.8. The first-order valence-electron chi connectivity index (χ1n) is 6.64. The van der Waals surface area contributed by atoms with Crippen molar-refractivity contribution in [3.05, 3.63) is 12.7 Å². The Balaban J connectivity index is 2.93. The third-order valence-corrected chi connectivity index (χ3v) is 5.08. The van der Waals surface area contributed by atoms with Gasteiger partial charge in [0.2, 0.25) is 0 Å². The lowest BCUT2D eigenvalue weighted by molar-refractivity contribution is -0.146. The molecule has 1 saturated heterocycles. The number of rotatable bonds is 8. The molecule has 1 aliphatic rings. The van der Waals surface area contributed by atoms with E-state index in [4.69, 9.17) is 9.84 Å². The van der Waals surface area contributed by atoms with E-state index in [0.29, 0.717) is 12.8 Å². The summed E-state index contributed by atoms with van der Waals surface area (Å²) in [6.07, 6.45) is 2.52. The zero-order valence-corrected chi connectivity index (χ0v) is 12.5. The van der Waals surface area contributed by atoms with Gasteiger partial charge in [-0.05, 0) is 19.8 Å². The van der Waals surface area contributed by atoms with Crippen LogP contribution in [0.1, 0.15) is 19.8 Å². The van der Waals surface area contributed by atoms with Crippen LogP contribution in [0.3, 0.4) is 0 Å². The molecule has 0 aromatic heterocycles. The zero-order valence-electron chi connectivity index (χ0n) is 11.7. The summed E-state index contributed by atoms with van der Waals surface area (Å²) < 4.78 is 32.2. The molecule has 0 amide bonds. The Morgan fingerprint density at radius 3 is 2.85 bits per heavy atom. The van der Waals surface area contributed by atoms with E-state index in [1.54, 1.807) is 6.92 Å². The van der Waals surface area contributed by atoms with E-state index in [1.165, 1.54) is 6.08 Å². The van der Waals surface area contributed by atoms with Crippen LogP contribution in [0.25, 0.3) is 0 Å². The van der Waals surface area contributed by atoms with E-state index in [2.05, 4.69) is 6.58 Å². The minimum Gasteiger partial charge on any atom is -0.465 e. The van der Waals surface area contributed by atoms with Gasteiger partial charge >= 0.3 is 5.97 Å². The highest BCUT2D eigenvalue weighted by Gasteiger charge is 2.41. The van der Waals surface area contributed by atoms with E-state index >= 15 is 0 Å². The molecule has 0 aromatic rings. The largest absolute Gasteiger partial charge is 0.465 e. The van der Waals surface area contributed by atoms with Crippen LogP contribution in [0, 0.1) is 0 Å². The van der Waals surface area contributed by atoms with Crippen molar-refractivity contribution in [2.24, 2.45) is 0 Å². The summed E-state index contributed by atoms with van der Waals surface area (Å²) in [5.74, 6) is -0.517. The molecular formula is C12H22N2O5S. The standard InChI is InChI=1S/C12H22N2O5S/c1-3-7-13(9-10-15)20(17,18)14-8-5-6-11(14)12(16)19-4-2/h3,11,15H,1,4-10H2,2H3. The number of ether oxygens (including phenoxy) is 1. The highest BCUT2D eigenvalue weighted by Crippen LogP contribution is 2.24. The van der Waals surface area contributed by atoms with Gasteiger partial charge in [0, 0.05) is 19.6 Å². The molecule has 1 heterocycles. The number of aliphatic hydroxyl groups excluding tert-OH is 1. The lowest BCUT2D eigenvalue weighted by atomic mass is 10.2. The zero-order chi connectivity index (χ0) is 15.2. The molecule has 0 bridgehead atoms. The van der Waals surface area contributed by atoms with Crippen molar-refractivity contribution in [1.82, 2.24) is 8.61 Å². The van der Waals surface area contributed by atoms with E-state index in [0.717, 1.165) is 8.61 Å². The first-order valence-corrected chi connectivity index (χ1v) is 8.04. The van der Waals surface area contributed by atoms with Crippen molar-refractivity contribution >= 4 is 16.2 Å². The van der Waals surface area contributed by atoms with Gasteiger partial charge in [-0.25, -0.2) is 0 Å². The van der Waals surface area contributed by atoms with Gasteiger partial charge in [-0.1, -0.05) is 6.08 Å². The third-order valence-electron chi connectivity index (χ3n) is 3.07. The molecule has 1 N–H and O–H groups in total. The Morgan fingerprint density at radius 1 is 1.60 bits per heavy atom. The lowest BCUT2D eigenvalue weighted by Crippen LogP contribution is -2.49. The van der Waals surface area contributed by atoms with Crippen molar-refractivity contribution in [3.8, 4) is 0 Å². The quantitative estimate of drug-likeness (QED) is 0.493. The first-order chi connectivity index (χ1) is 9.48. The second-order valence-corrected chi connectivity index (χ2v) is 6.28. The minimum atomic E-state index is -3.80. The molecular weight excluding hydrogens is 284 g/mol. The number of nitrogens with zero attached hydrogens (tertiary/aromatic N) is 2. The van der Waals surface area contributed by atoms with Gasteiger partial charge in [0.1, 0.15) is 6.04 Å². The van der Waals surface area contributed by atoms with Crippen LogP contribution >= 0.6 is 0 Å². The summed E-state index contributed by atoms with van der Waals surface area (Å²) >= 11 is 0. The van der Waals surface area contributed by atoms with Crippen LogP contribution in [0.2, 0.25) is 0 Å². The lowest BCUT2D eigenvalue weighted by Gasteiger charge is -2.29. The van der Waals surface area contributed by atoms with Gasteiger partial charge in [0.25, 0.3) is 10.2 Å². The number of hydrogen-bond acceptors (Lipinski definition) is 5. The summed E-state index contributed by atoms with van der Waals surface area (Å²) in [6.45, 7) is 5.47.